The molecule has 0 saturated carbocycles. The zero-order valence-electron chi connectivity index (χ0n) is 17.1. The number of rotatable bonds is 8. The van der Waals surface area contributed by atoms with Crippen LogP contribution in [0.5, 0.6) is 0 Å². The maximum atomic E-state index is 15.1. The number of aromatic nitrogens is 1. The molecule has 0 atom stereocenters. The fourth-order valence-corrected chi connectivity index (χ4v) is 3.41. The number of carbonyl (C=O) groups excluding carboxylic acids is 2. The van der Waals surface area contributed by atoms with Crippen LogP contribution in [0.15, 0.2) is 59.9 Å². The summed E-state index contributed by atoms with van der Waals surface area (Å²) in [6, 6.07) is 7.48. The average Bonchev–Trinajstić information content (AvgIpc) is 2.73. The van der Waals surface area contributed by atoms with Crippen molar-refractivity contribution in [3.8, 4) is 5.69 Å². The second-order valence-corrected chi connectivity index (χ2v) is 7.01. The van der Waals surface area contributed by atoms with Gasteiger partial charge in [-0.05, 0) is 42.3 Å². The van der Waals surface area contributed by atoms with E-state index in [-0.39, 0.29) is 30.0 Å². The molecule has 3 rings (SSSR count). The van der Waals surface area contributed by atoms with Crippen LogP contribution in [-0.2, 0) is 11.2 Å². The van der Waals surface area contributed by atoms with E-state index in [9.17, 15) is 23.2 Å². The first kappa shape index (κ1) is 22.7. The quantitative estimate of drug-likeness (QED) is 0.325. The number of nitrogens with one attached hydrogen (secondary N) is 1. The molecule has 0 unspecified atom stereocenters. The molecule has 0 saturated heterocycles. The lowest BCUT2D eigenvalue weighted by atomic mass is 10.0. The number of carbonyl (C=O) groups is 2. The number of nitrogens with zero attached hydrogens (tertiary/aromatic N) is 1. The highest BCUT2D eigenvalue weighted by Crippen LogP contribution is 2.27. The highest BCUT2D eigenvalue weighted by Gasteiger charge is 2.23. The molecule has 0 radical (unpaired) electrons. The summed E-state index contributed by atoms with van der Waals surface area (Å²) in [5.41, 5.74) is -0.510. The fraction of sp³-hybridized carbons (Fsp3) is 0.125. The second kappa shape index (κ2) is 9.47. The predicted molar refractivity (Wildman–Crippen MR) is 115 cm³/mol. The van der Waals surface area contributed by atoms with E-state index in [1.54, 1.807) is 13.0 Å². The molecule has 0 aliphatic carbocycles. The lowest BCUT2D eigenvalue weighted by Crippen LogP contribution is -2.26. The van der Waals surface area contributed by atoms with Crippen LogP contribution in [0, 0.1) is 24.4 Å². The first-order valence-corrected chi connectivity index (χ1v) is 9.62. The number of benzene rings is 2. The van der Waals surface area contributed by atoms with E-state index < -0.39 is 34.4 Å². The van der Waals surface area contributed by atoms with E-state index in [1.165, 1.54) is 12.1 Å². The van der Waals surface area contributed by atoms with Gasteiger partial charge >= 0.3 is 0 Å². The highest BCUT2D eigenvalue weighted by molar-refractivity contribution is 6.12. The van der Waals surface area contributed by atoms with Gasteiger partial charge in [-0.25, -0.2) is 13.2 Å². The van der Waals surface area contributed by atoms with E-state index in [4.69, 9.17) is 0 Å². The first-order valence-electron chi connectivity index (χ1n) is 9.62. The number of ketones is 1. The maximum absolute atomic E-state index is 15.1. The van der Waals surface area contributed by atoms with E-state index >= 15 is 4.39 Å². The number of aldehydes is 1. The molecule has 2 aromatic carbocycles. The van der Waals surface area contributed by atoms with E-state index in [0.29, 0.717) is 23.5 Å². The Morgan fingerprint density at radius 3 is 2.41 bits per heavy atom. The molecule has 0 aliphatic heterocycles. The Morgan fingerprint density at radius 2 is 1.78 bits per heavy atom. The Kier molecular flexibility index (Phi) is 6.73. The van der Waals surface area contributed by atoms with Gasteiger partial charge in [0.05, 0.1) is 16.8 Å². The van der Waals surface area contributed by atoms with Gasteiger partial charge in [0.2, 0.25) is 0 Å². The normalized spacial score (nSPS) is 10.6. The zero-order chi connectivity index (χ0) is 23.4. The minimum absolute atomic E-state index is 0.00310. The lowest BCUT2D eigenvalue weighted by Gasteiger charge is -2.20. The molecule has 0 bridgehead atoms. The third-order valence-electron chi connectivity index (χ3n) is 4.78. The van der Waals surface area contributed by atoms with Crippen molar-refractivity contribution >= 4 is 17.9 Å². The molecule has 8 heteroatoms. The Balaban J connectivity index is 2.28. The van der Waals surface area contributed by atoms with Gasteiger partial charge in [0.1, 0.15) is 29.6 Å². The summed E-state index contributed by atoms with van der Waals surface area (Å²) in [4.78, 5) is 36.7. The Labute approximate surface area is 181 Å². The van der Waals surface area contributed by atoms with Gasteiger partial charge in [-0.3, -0.25) is 14.2 Å². The minimum atomic E-state index is -1.07. The molecule has 0 fully saturated rings. The van der Waals surface area contributed by atoms with Gasteiger partial charge in [-0.2, -0.15) is 0 Å². The highest BCUT2D eigenvalue weighted by atomic mass is 19.1. The molecule has 3 aromatic rings. The fourth-order valence-electron chi connectivity index (χ4n) is 3.41. The smallest absolute Gasteiger partial charge is 0.256 e. The number of halogens is 3. The monoisotopic (exact) mass is 440 g/mol. The molecular formula is C24H19F3N2O3. The van der Waals surface area contributed by atoms with Crippen molar-refractivity contribution < 1.29 is 22.8 Å². The van der Waals surface area contributed by atoms with Gasteiger partial charge in [-0.15, -0.1) is 6.58 Å². The van der Waals surface area contributed by atoms with Crippen LogP contribution in [0.4, 0.5) is 19.0 Å². The molecule has 32 heavy (non-hydrogen) atoms. The summed E-state index contributed by atoms with van der Waals surface area (Å²) >= 11 is 0. The van der Waals surface area contributed by atoms with E-state index in [0.717, 1.165) is 28.8 Å². The van der Waals surface area contributed by atoms with Crippen molar-refractivity contribution in [1.29, 1.82) is 0 Å². The van der Waals surface area contributed by atoms with Crippen molar-refractivity contribution in [2.45, 2.75) is 13.3 Å². The van der Waals surface area contributed by atoms with Crippen LogP contribution < -0.4 is 10.9 Å². The summed E-state index contributed by atoms with van der Waals surface area (Å²) in [6.45, 7) is 5.25. The third kappa shape index (κ3) is 4.39. The van der Waals surface area contributed by atoms with Crippen molar-refractivity contribution in [3.05, 3.63) is 105 Å². The lowest BCUT2D eigenvalue weighted by molar-refractivity contribution is -0.107. The van der Waals surface area contributed by atoms with Crippen molar-refractivity contribution in [1.82, 2.24) is 4.57 Å². The standard InChI is InChI=1S/C24H19F3N2O3/c1-3-9-28-24-18(23(32)17-5-4-16(25)13-19(17)26)6-7-21(31)29(24)22-14(2)11-15(8-10-30)12-20(22)27/h3-7,10-13,28H,1,8-9H2,2H3. The second-order valence-electron chi connectivity index (χ2n) is 7.01. The topological polar surface area (TPSA) is 68.2 Å². The van der Waals surface area contributed by atoms with Crippen LogP contribution >= 0.6 is 0 Å². The number of hydrogen-bond donors (Lipinski definition) is 1. The van der Waals surface area contributed by atoms with E-state index in [1.807, 2.05) is 0 Å². The van der Waals surface area contributed by atoms with Crippen LogP contribution in [0.3, 0.4) is 0 Å². The predicted octanol–water partition coefficient (Wildman–Crippen LogP) is 4.13. The van der Waals surface area contributed by atoms with Crippen LogP contribution in [0.25, 0.3) is 5.69 Å². The third-order valence-corrected chi connectivity index (χ3v) is 4.78. The molecule has 1 aromatic heterocycles. The summed E-state index contributed by atoms with van der Waals surface area (Å²) < 4.78 is 43.6. The molecular weight excluding hydrogens is 421 g/mol. The van der Waals surface area contributed by atoms with Gasteiger partial charge in [-0.1, -0.05) is 12.1 Å². The maximum Gasteiger partial charge on any atom is 0.256 e. The molecule has 0 amide bonds. The van der Waals surface area contributed by atoms with Gasteiger partial charge in [0.25, 0.3) is 5.56 Å². The Morgan fingerprint density at radius 1 is 1.06 bits per heavy atom. The summed E-state index contributed by atoms with van der Waals surface area (Å²) in [7, 11) is 0. The molecule has 5 nitrogen and oxygen atoms in total. The SMILES string of the molecule is C=CCNc1c(C(=O)c2ccc(F)cc2F)ccc(=O)n1-c1c(C)cc(CC=O)cc1F. The van der Waals surface area contributed by atoms with Crippen molar-refractivity contribution in [2.24, 2.45) is 0 Å². The largest absolute Gasteiger partial charge is 0.367 e. The molecule has 0 aliphatic rings. The summed E-state index contributed by atoms with van der Waals surface area (Å²) in [5, 5.41) is 2.85. The average molecular weight is 440 g/mol. The number of pyridine rings is 1. The van der Waals surface area contributed by atoms with Crippen LogP contribution in [-0.4, -0.2) is 23.2 Å². The van der Waals surface area contributed by atoms with Gasteiger partial charge < -0.3 is 10.1 Å². The number of hydrogen-bond acceptors (Lipinski definition) is 4. The van der Waals surface area contributed by atoms with Crippen LogP contribution in [0.2, 0.25) is 0 Å². The Bertz CT molecular complexity index is 1260. The number of aryl methyl sites for hydroxylation is 1. The van der Waals surface area contributed by atoms with E-state index in [2.05, 4.69) is 11.9 Å². The number of anilines is 1. The zero-order valence-corrected chi connectivity index (χ0v) is 17.1. The molecule has 0 spiro atoms. The van der Waals surface area contributed by atoms with Crippen molar-refractivity contribution in [3.63, 3.8) is 0 Å². The van der Waals surface area contributed by atoms with Crippen molar-refractivity contribution in [2.75, 3.05) is 11.9 Å². The van der Waals surface area contributed by atoms with Crippen LogP contribution in [0.1, 0.15) is 27.0 Å². The van der Waals surface area contributed by atoms with Gasteiger partial charge in [0, 0.05) is 25.1 Å². The summed E-state index contributed by atoms with van der Waals surface area (Å²) in [6.07, 6.45) is 2.09. The molecule has 1 heterocycles. The Hall–Kier alpha value is -3.94. The van der Waals surface area contributed by atoms with Gasteiger partial charge in [0.15, 0.2) is 5.78 Å². The molecule has 1 N–H and O–H groups in total. The summed E-state index contributed by atoms with van der Waals surface area (Å²) in [5.74, 6) is -3.58. The minimum Gasteiger partial charge on any atom is -0.367 e. The first-order chi connectivity index (χ1) is 15.3. The molecule has 164 valence electrons.